The van der Waals surface area contributed by atoms with Crippen LogP contribution in [0.5, 0.6) is 0 Å². The van der Waals surface area contributed by atoms with Gasteiger partial charge in [-0.1, -0.05) is 30.5 Å². The van der Waals surface area contributed by atoms with Crippen molar-refractivity contribution < 1.29 is 0 Å². The minimum atomic E-state index is 0.440. The molecule has 2 rings (SSSR count). The Morgan fingerprint density at radius 2 is 1.89 bits per heavy atom. The van der Waals surface area contributed by atoms with E-state index in [1.807, 2.05) is 0 Å². The molecule has 0 saturated heterocycles. The Balaban J connectivity index is 2.13. The summed E-state index contributed by atoms with van der Waals surface area (Å²) in [7, 11) is 2.22. The molecule has 1 aromatic carbocycles. The van der Waals surface area contributed by atoms with Crippen molar-refractivity contribution in [3.63, 3.8) is 0 Å². The first-order chi connectivity index (χ1) is 8.56. The van der Waals surface area contributed by atoms with Crippen molar-refractivity contribution in [2.45, 2.75) is 39.5 Å². The van der Waals surface area contributed by atoms with E-state index in [1.165, 1.54) is 42.5 Å². The van der Waals surface area contributed by atoms with Crippen LogP contribution in [0.1, 0.15) is 36.8 Å². The van der Waals surface area contributed by atoms with Gasteiger partial charge in [0.05, 0.1) is 0 Å². The third-order valence-corrected chi connectivity index (χ3v) is 5.01. The highest BCUT2D eigenvalue weighted by molar-refractivity contribution is 7.80. The number of hydrogen-bond acceptors (Lipinski definition) is 2. The number of thiol groups is 1. The predicted octanol–water partition coefficient (Wildman–Crippen LogP) is 4.23. The van der Waals surface area contributed by atoms with Crippen LogP contribution >= 0.6 is 12.6 Å². The summed E-state index contributed by atoms with van der Waals surface area (Å²) in [4.78, 5) is 2.43. The fourth-order valence-electron chi connectivity index (χ4n) is 3.31. The first-order valence-electron chi connectivity index (χ1n) is 6.96. The third kappa shape index (κ3) is 2.85. The average Bonchev–Trinajstić information content (AvgIpc) is 2.78. The summed E-state index contributed by atoms with van der Waals surface area (Å²) in [5, 5.41) is 0. The van der Waals surface area contributed by atoms with Crippen molar-refractivity contribution in [3.05, 3.63) is 29.3 Å². The van der Waals surface area contributed by atoms with Crippen molar-refractivity contribution >= 4 is 18.3 Å². The van der Waals surface area contributed by atoms with Crippen molar-refractivity contribution in [3.8, 4) is 0 Å². The molecule has 0 radical (unpaired) electrons. The number of anilines is 1. The zero-order valence-corrected chi connectivity index (χ0v) is 12.8. The number of rotatable bonds is 4. The highest BCUT2D eigenvalue weighted by Gasteiger charge is 2.33. The topological polar surface area (TPSA) is 3.24 Å². The average molecular weight is 263 g/mol. The van der Waals surface area contributed by atoms with Gasteiger partial charge in [-0.15, -0.1) is 0 Å². The number of hydrogen-bond donors (Lipinski definition) is 1. The second kappa shape index (κ2) is 5.56. The predicted molar refractivity (Wildman–Crippen MR) is 83.9 cm³/mol. The van der Waals surface area contributed by atoms with Gasteiger partial charge in [-0.3, -0.25) is 0 Å². The number of aryl methyl sites for hydroxylation is 2. The lowest BCUT2D eigenvalue weighted by Crippen LogP contribution is -2.35. The lowest BCUT2D eigenvalue weighted by molar-refractivity contribution is 0.354. The van der Waals surface area contributed by atoms with Gasteiger partial charge in [0.15, 0.2) is 0 Å². The lowest BCUT2D eigenvalue weighted by Gasteiger charge is -2.34. The fraction of sp³-hybridized carbons (Fsp3) is 0.625. The normalized spacial score (nSPS) is 18.0. The van der Waals surface area contributed by atoms with Crippen LogP contribution < -0.4 is 4.90 Å². The summed E-state index contributed by atoms with van der Waals surface area (Å²) in [5.74, 6) is 1.02. The van der Waals surface area contributed by atoms with E-state index in [9.17, 15) is 0 Å². The molecule has 1 aromatic rings. The summed E-state index contributed by atoms with van der Waals surface area (Å²) >= 11 is 4.60. The Hall–Kier alpha value is -0.630. The maximum atomic E-state index is 4.60. The smallest absolute Gasteiger partial charge is 0.0393 e. The van der Waals surface area contributed by atoms with E-state index in [0.29, 0.717) is 5.41 Å². The fourth-order valence-corrected chi connectivity index (χ4v) is 3.73. The molecule has 0 aliphatic heterocycles. The highest BCUT2D eigenvalue weighted by atomic mass is 32.1. The first-order valence-corrected chi connectivity index (χ1v) is 7.59. The van der Waals surface area contributed by atoms with E-state index < -0.39 is 0 Å². The van der Waals surface area contributed by atoms with Gasteiger partial charge in [0.25, 0.3) is 0 Å². The van der Waals surface area contributed by atoms with Gasteiger partial charge in [0.2, 0.25) is 0 Å². The summed E-state index contributed by atoms with van der Waals surface area (Å²) < 4.78 is 0. The largest absolute Gasteiger partial charge is 0.374 e. The molecule has 0 bridgehead atoms. The Morgan fingerprint density at radius 1 is 1.22 bits per heavy atom. The van der Waals surface area contributed by atoms with Gasteiger partial charge >= 0.3 is 0 Å². The van der Waals surface area contributed by atoms with E-state index in [0.717, 1.165) is 12.3 Å². The van der Waals surface area contributed by atoms with Gasteiger partial charge in [-0.25, -0.2) is 0 Å². The highest BCUT2D eigenvalue weighted by Crippen LogP contribution is 2.40. The van der Waals surface area contributed by atoms with Crippen LogP contribution in [0.25, 0.3) is 0 Å². The Bertz CT molecular complexity index is 408. The molecule has 0 unspecified atom stereocenters. The summed E-state index contributed by atoms with van der Waals surface area (Å²) in [6, 6.07) is 6.74. The quantitative estimate of drug-likeness (QED) is 0.796. The van der Waals surface area contributed by atoms with E-state index >= 15 is 0 Å². The van der Waals surface area contributed by atoms with Gasteiger partial charge in [-0.05, 0) is 49.5 Å². The van der Waals surface area contributed by atoms with Gasteiger partial charge in [0.1, 0.15) is 0 Å². The van der Waals surface area contributed by atoms with E-state index in [-0.39, 0.29) is 0 Å². The van der Waals surface area contributed by atoms with E-state index in [4.69, 9.17) is 0 Å². The molecule has 0 heterocycles. The number of benzene rings is 1. The van der Waals surface area contributed by atoms with Gasteiger partial charge < -0.3 is 4.90 Å². The van der Waals surface area contributed by atoms with Crippen LogP contribution in [0.15, 0.2) is 18.2 Å². The second-order valence-corrected chi connectivity index (χ2v) is 6.33. The number of nitrogens with zero attached hydrogens (tertiary/aromatic N) is 1. The standard InChI is InChI=1S/C16H25NS/c1-13-6-7-15(14(2)10-13)17(3)11-16(12-18)8-4-5-9-16/h6-7,10,18H,4-5,8-9,11-12H2,1-3H3. The summed E-state index contributed by atoms with van der Waals surface area (Å²) in [6.45, 7) is 5.50. The SMILES string of the molecule is Cc1ccc(N(C)CC2(CS)CCCC2)c(C)c1. The van der Waals surface area contributed by atoms with Crippen molar-refractivity contribution in [2.75, 3.05) is 24.2 Å². The summed E-state index contributed by atoms with van der Waals surface area (Å²) in [5.41, 5.74) is 4.53. The molecule has 1 nitrogen and oxygen atoms in total. The molecule has 0 amide bonds. The van der Waals surface area contributed by atoms with Gasteiger partial charge in [-0.2, -0.15) is 12.6 Å². The monoisotopic (exact) mass is 263 g/mol. The maximum Gasteiger partial charge on any atom is 0.0393 e. The zero-order chi connectivity index (χ0) is 13.2. The van der Waals surface area contributed by atoms with Crippen LogP contribution in [0.4, 0.5) is 5.69 Å². The van der Waals surface area contributed by atoms with Crippen LogP contribution in [-0.4, -0.2) is 19.3 Å². The van der Waals surface area contributed by atoms with Crippen LogP contribution in [-0.2, 0) is 0 Å². The molecule has 0 atom stereocenters. The third-order valence-electron chi connectivity index (χ3n) is 4.34. The van der Waals surface area contributed by atoms with E-state index in [2.05, 4.69) is 56.6 Å². The molecule has 18 heavy (non-hydrogen) atoms. The van der Waals surface area contributed by atoms with Gasteiger partial charge in [0, 0.05) is 19.3 Å². The Kier molecular flexibility index (Phi) is 4.26. The summed E-state index contributed by atoms with van der Waals surface area (Å²) in [6.07, 6.45) is 5.43. The molecule has 0 aromatic heterocycles. The van der Waals surface area contributed by atoms with Crippen LogP contribution in [0.2, 0.25) is 0 Å². The van der Waals surface area contributed by atoms with Crippen molar-refractivity contribution in [2.24, 2.45) is 5.41 Å². The maximum absolute atomic E-state index is 4.60. The lowest BCUT2D eigenvalue weighted by atomic mass is 9.87. The molecule has 1 fully saturated rings. The van der Waals surface area contributed by atoms with Crippen molar-refractivity contribution in [1.82, 2.24) is 0 Å². The molecule has 1 aliphatic carbocycles. The van der Waals surface area contributed by atoms with Crippen LogP contribution in [0, 0.1) is 19.3 Å². The molecule has 1 aliphatic rings. The Labute approximate surface area is 117 Å². The molecular weight excluding hydrogens is 238 g/mol. The first kappa shape index (κ1) is 13.8. The molecule has 1 saturated carbocycles. The molecule has 100 valence electrons. The van der Waals surface area contributed by atoms with E-state index in [1.54, 1.807) is 0 Å². The van der Waals surface area contributed by atoms with Crippen LogP contribution in [0.3, 0.4) is 0 Å². The minimum absolute atomic E-state index is 0.440. The molecule has 0 N–H and O–H groups in total. The zero-order valence-electron chi connectivity index (χ0n) is 11.9. The second-order valence-electron chi connectivity index (χ2n) is 6.01. The molecule has 0 spiro atoms. The molecule has 2 heteroatoms. The van der Waals surface area contributed by atoms with Crippen molar-refractivity contribution in [1.29, 1.82) is 0 Å². The minimum Gasteiger partial charge on any atom is -0.374 e. The Morgan fingerprint density at radius 3 is 2.44 bits per heavy atom. The molecular formula is C16H25NS.